The van der Waals surface area contributed by atoms with Gasteiger partial charge in [-0.15, -0.1) is 29.8 Å². The predicted octanol–water partition coefficient (Wildman–Crippen LogP) is 6.63. The van der Waals surface area contributed by atoms with E-state index in [1.807, 2.05) is 26.8 Å². The van der Waals surface area contributed by atoms with Crippen LogP contribution in [0.3, 0.4) is 0 Å². The smallest absolute Gasteiger partial charge is 0.425 e. The topological polar surface area (TPSA) is 36.8 Å². The molecule has 3 nitrogen and oxygen atoms in total. The van der Waals surface area contributed by atoms with Gasteiger partial charge in [0, 0.05) is 31.2 Å². The number of halogens is 5. The first-order valence-corrected chi connectivity index (χ1v) is 9.46. The number of rotatable bonds is 9. The molecule has 0 bridgehead atoms. The zero-order valence-corrected chi connectivity index (χ0v) is 22.3. The second-order valence-electron chi connectivity index (χ2n) is 6.13. The van der Waals surface area contributed by atoms with Crippen LogP contribution in [0.15, 0.2) is 51.7 Å². The minimum atomic E-state index is -4.38. The number of nitrogens with zero attached hydrogens (tertiary/aromatic N) is 2. The van der Waals surface area contributed by atoms with Crippen molar-refractivity contribution in [3.05, 3.63) is 65.9 Å². The molecule has 170 valence electrons. The van der Waals surface area contributed by atoms with E-state index in [1.165, 1.54) is 6.07 Å². The number of hydrogen-bond acceptors (Lipinski definition) is 3. The molecular weight excluding hydrogens is 639 g/mol. The Hall–Kier alpha value is -1.46. The maximum absolute atomic E-state index is 12.8. The van der Waals surface area contributed by atoms with Crippen molar-refractivity contribution in [3.8, 4) is 0 Å². The fraction of sp³-hybridized carbons (Fsp3) is 0.409. The summed E-state index contributed by atoms with van der Waals surface area (Å²) < 4.78 is 57.3. The Bertz CT molecular complexity index is 724. The van der Waals surface area contributed by atoms with Gasteiger partial charge in [-0.1, -0.05) is 13.8 Å². The Kier molecular flexibility index (Phi) is 18.6. The van der Waals surface area contributed by atoms with E-state index in [4.69, 9.17) is 0 Å². The SMILES string of the molecule is CCC=N/C=C(\C)C(=NC/C=C(\C)NCCC)c1[c-]cc(C(F)(F)F)cc1.F[CH-]F.[U+2]. The van der Waals surface area contributed by atoms with Crippen LogP contribution in [0.25, 0.3) is 0 Å². The zero-order valence-electron chi connectivity index (χ0n) is 18.2. The molecule has 0 atom stereocenters. The van der Waals surface area contributed by atoms with Crippen LogP contribution in [0.5, 0.6) is 0 Å². The number of nitrogens with one attached hydrogen (secondary N) is 1. The molecule has 9 heteroatoms. The first kappa shape index (κ1) is 31.7. The van der Waals surface area contributed by atoms with Crippen molar-refractivity contribution in [3.63, 3.8) is 0 Å². The molecule has 1 aromatic carbocycles. The summed E-state index contributed by atoms with van der Waals surface area (Å²) in [6.07, 6.45) is 2.82. The molecule has 1 aromatic rings. The van der Waals surface area contributed by atoms with Crippen LogP contribution < -0.4 is 5.32 Å². The van der Waals surface area contributed by atoms with Crippen LogP contribution >= 0.6 is 0 Å². The van der Waals surface area contributed by atoms with E-state index in [-0.39, 0.29) is 31.1 Å². The molecule has 31 heavy (non-hydrogen) atoms. The van der Waals surface area contributed by atoms with Crippen LogP contribution in [0.1, 0.15) is 51.7 Å². The molecule has 0 radical (unpaired) electrons. The van der Waals surface area contributed by atoms with Gasteiger partial charge in [0.25, 0.3) is 0 Å². The number of hydrogen-bond donors (Lipinski definition) is 1. The molecule has 0 unspecified atom stereocenters. The number of benzene rings is 1. The van der Waals surface area contributed by atoms with E-state index >= 15 is 0 Å². The maximum atomic E-state index is 12.8. The molecule has 0 saturated carbocycles. The average molecular weight is 668 g/mol. The third kappa shape index (κ3) is 14.3. The van der Waals surface area contributed by atoms with Gasteiger partial charge in [-0.05, 0) is 56.5 Å². The maximum Gasteiger partial charge on any atom is 2.00 e. The summed E-state index contributed by atoms with van der Waals surface area (Å²) >= 11 is 0. The van der Waals surface area contributed by atoms with Gasteiger partial charge in [0.15, 0.2) is 0 Å². The average Bonchev–Trinajstić information content (AvgIpc) is 2.70. The van der Waals surface area contributed by atoms with Crippen molar-refractivity contribution in [1.82, 2.24) is 5.32 Å². The third-order valence-electron chi connectivity index (χ3n) is 3.63. The van der Waals surface area contributed by atoms with Gasteiger partial charge in [-0.2, -0.15) is 13.2 Å². The molecule has 0 aromatic heterocycles. The number of allylic oxidation sites excluding steroid dienone is 2. The molecule has 0 heterocycles. The Morgan fingerprint density at radius 3 is 2.32 bits per heavy atom. The van der Waals surface area contributed by atoms with E-state index < -0.39 is 18.7 Å². The molecule has 0 aliphatic rings. The Balaban J connectivity index is 0. The van der Waals surface area contributed by atoms with Crippen LogP contribution in [0.4, 0.5) is 22.0 Å². The molecule has 1 rings (SSSR count). The monoisotopic (exact) mass is 667 g/mol. The van der Waals surface area contributed by atoms with Crippen LogP contribution in [-0.2, 0) is 6.18 Å². The van der Waals surface area contributed by atoms with Gasteiger partial charge in [0.05, 0.1) is 0 Å². The summed E-state index contributed by atoms with van der Waals surface area (Å²) in [5, 5.41) is 3.26. The van der Waals surface area contributed by atoms with Gasteiger partial charge < -0.3 is 19.1 Å². The van der Waals surface area contributed by atoms with Crippen LogP contribution in [-0.4, -0.2) is 25.0 Å². The van der Waals surface area contributed by atoms with Crippen LogP contribution in [0.2, 0.25) is 0 Å². The van der Waals surface area contributed by atoms with Crippen molar-refractivity contribution in [2.24, 2.45) is 9.98 Å². The molecule has 0 amide bonds. The Morgan fingerprint density at radius 1 is 1.19 bits per heavy atom. The van der Waals surface area contributed by atoms with Crippen molar-refractivity contribution in [1.29, 1.82) is 0 Å². The van der Waals surface area contributed by atoms with Gasteiger partial charge in [0.2, 0.25) is 0 Å². The molecule has 0 aliphatic carbocycles. The van der Waals surface area contributed by atoms with Crippen LogP contribution in [0, 0.1) is 44.1 Å². The summed E-state index contributed by atoms with van der Waals surface area (Å²) in [6.45, 7) is 8.16. The van der Waals surface area contributed by atoms with Crippen molar-refractivity contribution in [2.45, 2.75) is 46.7 Å². The summed E-state index contributed by atoms with van der Waals surface area (Å²) in [7, 11) is 0. The van der Waals surface area contributed by atoms with Crippen molar-refractivity contribution < 1.29 is 53.1 Å². The summed E-state index contributed by atoms with van der Waals surface area (Å²) in [4.78, 5) is 8.75. The molecule has 1 N–H and O–H groups in total. The minimum Gasteiger partial charge on any atom is -0.425 e. The zero-order chi connectivity index (χ0) is 23.0. The fourth-order valence-corrected chi connectivity index (χ4v) is 2.17. The molecule has 0 aliphatic heterocycles. The summed E-state index contributed by atoms with van der Waals surface area (Å²) in [6, 6.07) is 6.11. The Labute approximate surface area is 205 Å². The quantitative estimate of drug-likeness (QED) is 0.179. The predicted molar refractivity (Wildman–Crippen MR) is 113 cm³/mol. The fourth-order valence-electron chi connectivity index (χ4n) is 2.17. The van der Waals surface area contributed by atoms with E-state index in [2.05, 4.69) is 28.3 Å². The number of aliphatic imine (C=N–C) groups is 2. The third-order valence-corrected chi connectivity index (χ3v) is 3.63. The number of alkyl halides is 3. The molecule has 0 spiro atoms. The largest absolute Gasteiger partial charge is 2.00 e. The molecule has 0 fully saturated rings. The van der Waals surface area contributed by atoms with Crippen molar-refractivity contribution >= 4 is 11.9 Å². The minimum absolute atomic E-state index is 0. The first-order chi connectivity index (χ1) is 14.2. The van der Waals surface area contributed by atoms with Gasteiger partial charge in [-0.25, -0.2) is 0 Å². The van der Waals surface area contributed by atoms with Gasteiger partial charge in [-0.3, -0.25) is 4.99 Å². The van der Waals surface area contributed by atoms with Crippen molar-refractivity contribution in [2.75, 3.05) is 13.1 Å². The normalized spacial score (nSPS) is 12.9. The Morgan fingerprint density at radius 2 is 1.84 bits per heavy atom. The van der Waals surface area contributed by atoms with E-state index in [0.29, 0.717) is 17.8 Å². The van der Waals surface area contributed by atoms with Gasteiger partial charge in [0.1, 0.15) is 0 Å². The summed E-state index contributed by atoms with van der Waals surface area (Å²) in [5.41, 5.74) is 2.15. The van der Waals surface area contributed by atoms with E-state index in [0.717, 1.165) is 42.8 Å². The van der Waals surface area contributed by atoms with E-state index in [9.17, 15) is 22.0 Å². The molecular formula is C22H28F5N3U. The second-order valence-corrected chi connectivity index (χ2v) is 6.13. The van der Waals surface area contributed by atoms with E-state index in [1.54, 1.807) is 12.4 Å². The molecule has 0 saturated heterocycles. The first-order valence-electron chi connectivity index (χ1n) is 9.46. The second kappa shape index (κ2) is 18.1. The summed E-state index contributed by atoms with van der Waals surface area (Å²) in [5.74, 6) is 0. The standard InChI is InChI=1S/C21H27F3N3.CHF2.U/c1-5-12-25-15-16(3)20(27-14-11-17(4)26-13-6-2)18-7-9-19(10-8-18)21(22,23)24;2-1-3;/h7,9-12,15,26H,5-6,13-14H2,1-4H3;1H;/q2*-1;+2/b16-15+,17-11+,25-12?,27-20?;;. The van der Waals surface area contributed by atoms with Gasteiger partial charge >= 0.3 is 37.3 Å².